The Labute approximate surface area is 348 Å². The van der Waals surface area contributed by atoms with Crippen LogP contribution in [0.2, 0.25) is 0 Å². The molecule has 4 saturated carbocycles. The van der Waals surface area contributed by atoms with Gasteiger partial charge >= 0.3 is 24.1 Å². The summed E-state index contributed by atoms with van der Waals surface area (Å²) in [6, 6.07) is -0.125. The number of urea groups is 1. The van der Waals surface area contributed by atoms with Crippen molar-refractivity contribution < 1.29 is 38.6 Å². The van der Waals surface area contributed by atoms with E-state index in [9.17, 15) is 29.1 Å². The quantitative estimate of drug-likeness (QED) is 0.192. The number of Topliss-reactive ketones (excluding diaryl/α,β-unsaturated/α-hetero) is 1. The van der Waals surface area contributed by atoms with Crippen molar-refractivity contribution in [3.05, 3.63) is 11.1 Å². The zero-order valence-electron chi connectivity index (χ0n) is 38.1. The van der Waals surface area contributed by atoms with Crippen LogP contribution in [-0.4, -0.2) is 88.2 Å². The average Bonchev–Trinajstić information content (AvgIpc) is 3.40. The molecule has 2 N–H and O–H groups in total. The van der Waals surface area contributed by atoms with Crippen molar-refractivity contribution in [3.63, 3.8) is 0 Å². The Balaban J connectivity index is 1.24. The maximum absolute atomic E-state index is 14.3. The third-order valence-corrected chi connectivity index (χ3v) is 17.1. The van der Waals surface area contributed by atoms with Crippen molar-refractivity contribution in [2.24, 2.45) is 50.7 Å². The Bertz CT molecular complexity index is 1720. The molecule has 1 aliphatic heterocycles. The molecule has 3 amide bonds. The molecule has 0 radical (unpaired) electrons. The van der Waals surface area contributed by atoms with Crippen LogP contribution in [0.1, 0.15) is 160 Å². The second-order valence-electron chi connectivity index (χ2n) is 22.7. The summed E-state index contributed by atoms with van der Waals surface area (Å²) in [5, 5.41) is 13.2. The number of likely N-dealkylation sites (tertiary alicyclic amines) is 1. The zero-order valence-corrected chi connectivity index (χ0v) is 38.1. The van der Waals surface area contributed by atoms with E-state index < -0.39 is 28.5 Å². The highest BCUT2D eigenvalue weighted by Gasteiger charge is 2.69. The fourth-order valence-electron chi connectivity index (χ4n) is 13.7. The Kier molecular flexibility index (Phi) is 11.3. The van der Waals surface area contributed by atoms with Crippen molar-refractivity contribution in [3.8, 4) is 0 Å². The average molecular weight is 810 g/mol. The van der Waals surface area contributed by atoms with Gasteiger partial charge in [-0.3, -0.25) is 14.4 Å². The van der Waals surface area contributed by atoms with E-state index in [2.05, 4.69) is 53.8 Å². The molecule has 0 bridgehead atoms. The number of ketones is 1. The van der Waals surface area contributed by atoms with Crippen LogP contribution in [0.4, 0.5) is 9.59 Å². The normalized spacial score (nSPS) is 36.3. The van der Waals surface area contributed by atoms with Crippen LogP contribution in [0, 0.1) is 50.7 Å². The summed E-state index contributed by atoms with van der Waals surface area (Å²) in [6.07, 6.45) is 8.22. The number of hydrogen-bond acceptors (Lipinski definition) is 7. The smallest absolute Gasteiger partial charge is 0.410 e. The Hall–Kier alpha value is -3.11. The summed E-state index contributed by atoms with van der Waals surface area (Å²) >= 11 is 0. The van der Waals surface area contributed by atoms with Gasteiger partial charge in [-0.05, 0) is 138 Å². The molecule has 6 aliphatic rings. The van der Waals surface area contributed by atoms with Crippen LogP contribution in [-0.2, 0) is 23.9 Å². The first-order chi connectivity index (χ1) is 26.6. The number of esters is 1. The summed E-state index contributed by atoms with van der Waals surface area (Å²) < 4.78 is 11.8. The van der Waals surface area contributed by atoms with E-state index in [4.69, 9.17) is 9.47 Å². The highest BCUT2D eigenvalue weighted by molar-refractivity contribution is 5.92. The van der Waals surface area contributed by atoms with Crippen LogP contribution in [0.15, 0.2) is 11.1 Å². The number of nitrogens with one attached hydrogen (secondary N) is 1. The first-order valence-corrected chi connectivity index (χ1v) is 22.4. The molecule has 0 spiro atoms. The highest BCUT2D eigenvalue weighted by atomic mass is 16.6. The van der Waals surface area contributed by atoms with E-state index in [1.165, 1.54) is 11.1 Å². The molecule has 1 saturated heterocycles. The third kappa shape index (κ3) is 7.28. The molecule has 58 heavy (non-hydrogen) atoms. The van der Waals surface area contributed by atoms with E-state index >= 15 is 0 Å². The van der Waals surface area contributed by atoms with Crippen LogP contribution in [0.25, 0.3) is 0 Å². The maximum Gasteiger partial charge on any atom is 0.410 e. The summed E-state index contributed by atoms with van der Waals surface area (Å²) in [6.45, 7) is 26.1. The molecule has 5 fully saturated rings. The number of allylic oxidation sites excluding steroid dienone is 1. The number of aliphatic carboxylic acids is 1. The first kappa shape index (κ1) is 44.4. The lowest BCUT2D eigenvalue weighted by atomic mass is 9.34. The van der Waals surface area contributed by atoms with E-state index in [0.717, 1.165) is 51.4 Å². The molecule has 3 unspecified atom stereocenters. The van der Waals surface area contributed by atoms with Crippen LogP contribution in [0.5, 0.6) is 0 Å². The van der Waals surface area contributed by atoms with E-state index in [-0.39, 0.29) is 70.0 Å². The largest absolute Gasteiger partial charge is 0.481 e. The van der Waals surface area contributed by atoms with Gasteiger partial charge in [0, 0.05) is 43.9 Å². The lowest BCUT2D eigenvalue weighted by Gasteiger charge is -2.70. The summed E-state index contributed by atoms with van der Waals surface area (Å²) in [5.41, 5.74) is -0.220. The minimum absolute atomic E-state index is 0.0109. The predicted octanol–water partition coefficient (Wildman–Crippen LogP) is 9.17. The number of amides is 3. The summed E-state index contributed by atoms with van der Waals surface area (Å²) in [4.78, 5) is 69.7. The molecule has 8 atom stereocenters. The summed E-state index contributed by atoms with van der Waals surface area (Å²) in [7, 11) is 1.78. The molecular weight excluding hydrogens is 735 g/mol. The molecule has 0 aromatic carbocycles. The third-order valence-electron chi connectivity index (χ3n) is 17.1. The second kappa shape index (κ2) is 14.8. The molecule has 0 aromatic heterocycles. The van der Waals surface area contributed by atoms with Crippen molar-refractivity contribution in [1.29, 1.82) is 0 Å². The number of fused-ring (bicyclic) bond motifs is 6. The van der Waals surface area contributed by atoms with Gasteiger partial charge in [0.2, 0.25) is 0 Å². The van der Waals surface area contributed by atoms with Gasteiger partial charge in [-0.2, -0.15) is 0 Å². The van der Waals surface area contributed by atoms with Gasteiger partial charge in [-0.25, -0.2) is 9.59 Å². The lowest BCUT2D eigenvalue weighted by Crippen LogP contribution is -2.65. The number of ether oxygens (including phenoxy) is 2. The maximum atomic E-state index is 14.3. The lowest BCUT2D eigenvalue weighted by molar-refractivity contribution is -0.214. The van der Waals surface area contributed by atoms with Gasteiger partial charge in [-0.15, -0.1) is 0 Å². The van der Waals surface area contributed by atoms with Gasteiger partial charge in [0.05, 0.1) is 17.4 Å². The molecule has 5 aliphatic carbocycles. The Morgan fingerprint density at radius 2 is 1.53 bits per heavy atom. The van der Waals surface area contributed by atoms with E-state index in [1.807, 2.05) is 25.7 Å². The van der Waals surface area contributed by atoms with E-state index in [0.29, 0.717) is 44.2 Å². The molecule has 11 nitrogen and oxygen atoms in total. The number of carbonyl (C=O) groups excluding carboxylic acids is 4. The highest BCUT2D eigenvalue weighted by Crippen LogP contribution is 2.75. The number of rotatable bonds is 7. The Morgan fingerprint density at radius 3 is 2.12 bits per heavy atom. The Morgan fingerprint density at radius 1 is 0.897 bits per heavy atom. The van der Waals surface area contributed by atoms with Crippen LogP contribution < -0.4 is 5.32 Å². The summed E-state index contributed by atoms with van der Waals surface area (Å²) in [5.74, 6) is -0.524. The topological polar surface area (TPSA) is 143 Å². The molecule has 0 aromatic rings. The standard InChI is InChI=1S/C47H75N3O8/c1-28(2)36-31(51)26-47(48-39(55)50-24-18-29(19-25-50)49(13)40(56)58-41(3,4)5)23-22-45(11)30(37(36)47)14-15-33-44(10)20-17-34(57-35(52)27-42(6,7)38(53)54)43(8,9)32(44)16-21-46(33,45)12/h28-29,32-34,36H,14-27H2,1-13H3,(H,48,55)(H,53,54)/t32?,33?,34-,36?,44-,45+,46+,47+/m0/s1. The number of piperidine rings is 1. The fourth-order valence-corrected chi connectivity index (χ4v) is 13.7. The molecule has 11 heteroatoms. The molecule has 326 valence electrons. The van der Waals surface area contributed by atoms with Crippen molar-refractivity contribution in [1.82, 2.24) is 15.1 Å². The number of hydrogen-bond donors (Lipinski definition) is 2. The minimum atomic E-state index is -1.18. The molecule has 1 heterocycles. The number of nitrogens with zero attached hydrogens (tertiary/aromatic N) is 2. The SMILES string of the molecule is CC(C)C1C(=O)C[C@]2(NC(=O)N3CCC(N(C)C(=O)OC(C)(C)C)CC3)CC[C@]3(C)C(=C12)CCC1[C@@]2(C)CC[C@H](OC(=O)CC(C)(C)C(=O)O)C(C)(C)C2CC[C@]13C. The van der Waals surface area contributed by atoms with Gasteiger partial charge in [-0.1, -0.05) is 54.0 Å². The monoisotopic (exact) mass is 810 g/mol. The van der Waals surface area contributed by atoms with Gasteiger partial charge in [0.1, 0.15) is 17.5 Å². The minimum Gasteiger partial charge on any atom is -0.481 e. The fraction of sp³-hybridized carbons (Fsp3) is 0.851. The number of carboxylic acids is 1. The van der Waals surface area contributed by atoms with Crippen molar-refractivity contribution >= 4 is 29.8 Å². The predicted molar refractivity (Wildman–Crippen MR) is 223 cm³/mol. The van der Waals surface area contributed by atoms with Crippen LogP contribution >= 0.6 is 0 Å². The first-order valence-electron chi connectivity index (χ1n) is 22.4. The zero-order chi connectivity index (χ0) is 43.2. The van der Waals surface area contributed by atoms with Gasteiger partial charge < -0.3 is 29.7 Å². The van der Waals surface area contributed by atoms with Gasteiger partial charge in [0.15, 0.2) is 0 Å². The second-order valence-corrected chi connectivity index (χ2v) is 22.7. The van der Waals surface area contributed by atoms with Crippen molar-refractivity contribution in [2.45, 2.75) is 183 Å². The molecular formula is C47H75N3O8. The number of carbonyl (C=O) groups is 5. The van der Waals surface area contributed by atoms with Gasteiger partial charge in [0.25, 0.3) is 0 Å². The van der Waals surface area contributed by atoms with Crippen LogP contribution in [0.3, 0.4) is 0 Å². The van der Waals surface area contributed by atoms with Crippen molar-refractivity contribution in [2.75, 3.05) is 20.1 Å². The van der Waals surface area contributed by atoms with E-state index in [1.54, 1.807) is 25.8 Å². The molecule has 6 rings (SSSR count). The number of carboxylic acid groups (broad SMARTS) is 1.